The minimum absolute atomic E-state index is 0.0908. The van der Waals surface area contributed by atoms with Crippen molar-refractivity contribution >= 4 is 81.3 Å². The molecule has 1 N–H and O–H groups in total. The Labute approximate surface area is 220 Å². The fourth-order valence-electron chi connectivity index (χ4n) is 4.94. The van der Waals surface area contributed by atoms with Gasteiger partial charge < -0.3 is 9.52 Å². The molecule has 0 radical (unpaired) electrons. The number of nitrogens with zero attached hydrogens (tertiary/aromatic N) is 1. The van der Waals surface area contributed by atoms with E-state index in [1.54, 1.807) is 24.3 Å². The summed E-state index contributed by atoms with van der Waals surface area (Å²) in [4.78, 5) is 38.2. The van der Waals surface area contributed by atoms with Gasteiger partial charge in [0.2, 0.25) is 0 Å². The molecule has 2 aromatic heterocycles. The van der Waals surface area contributed by atoms with Gasteiger partial charge in [-0.2, -0.15) is 0 Å². The van der Waals surface area contributed by atoms with E-state index in [-0.39, 0.29) is 6.42 Å². The highest BCUT2D eigenvalue weighted by Crippen LogP contribution is 2.43. The van der Waals surface area contributed by atoms with E-state index in [0.717, 1.165) is 26.2 Å². The van der Waals surface area contributed by atoms with Crippen molar-refractivity contribution in [3.63, 3.8) is 0 Å². The van der Waals surface area contributed by atoms with E-state index in [1.165, 1.54) is 4.57 Å². The first-order valence-corrected chi connectivity index (χ1v) is 12.9. The molecular formula is C28H17Br2NO5. The number of para-hydroxylation sites is 1. The Morgan fingerprint density at radius 3 is 2.19 bits per heavy atom. The molecule has 6 rings (SSSR count). The van der Waals surface area contributed by atoms with Crippen molar-refractivity contribution in [2.75, 3.05) is 0 Å². The van der Waals surface area contributed by atoms with Crippen LogP contribution in [0.1, 0.15) is 18.4 Å². The monoisotopic (exact) mass is 605 g/mol. The fraction of sp³-hybridized carbons (Fsp3) is 0.107. The maximum absolute atomic E-state index is 13.7. The lowest BCUT2D eigenvalue weighted by molar-refractivity contribution is -0.137. The van der Waals surface area contributed by atoms with Gasteiger partial charge in [0.15, 0.2) is 0 Å². The van der Waals surface area contributed by atoms with Crippen molar-refractivity contribution in [3.05, 3.63) is 95.9 Å². The first-order chi connectivity index (χ1) is 17.3. The number of pyridine rings is 1. The van der Waals surface area contributed by atoms with Gasteiger partial charge in [-0.05, 0) is 64.7 Å². The molecule has 0 spiro atoms. The smallest absolute Gasteiger partial charge is 0.303 e. The van der Waals surface area contributed by atoms with E-state index in [1.807, 2.05) is 36.4 Å². The van der Waals surface area contributed by atoms with Crippen molar-refractivity contribution in [1.29, 1.82) is 0 Å². The molecule has 0 saturated carbocycles. The van der Waals surface area contributed by atoms with Gasteiger partial charge >= 0.3 is 5.97 Å². The molecule has 0 amide bonds. The largest absolute Gasteiger partial charge is 0.481 e. The third-order valence-corrected chi connectivity index (χ3v) is 7.76. The molecule has 0 unspecified atom stereocenters. The molecule has 0 aliphatic rings. The topological polar surface area (TPSA) is 89.5 Å². The number of aryl methyl sites for hydroxylation is 1. The average molecular weight is 607 g/mol. The van der Waals surface area contributed by atoms with E-state index in [0.29, 0.717) is 50.3 Å². The van der Waals surface area contributed by atoms with Crippen LogP contribution in [-0.4, -0.2) is 15.6 Å². The maximum atomic E-state index is 13.7. The van der Waals surface area contributed by atoms with Gasteiger partial charge in [0.05, 0.1) is 20.9 Å². The van der Waals surface area contributed by atoms with E-state index in [2.05, 4.69) is 31.9 Å². The Morgan fingerprint density at radius 2 is 1.50 bits per heavy atom. The Balaban J connectivity index is 1.63. The van der Waals surface area contributed by atoms with Crippen molar-refractivity contribution in [2.45, 2.75) is 19.3 Å². The van der Waals surface area contributed by atoms with E-state index >= 15 is 0 Å². The summed E-state index contributed by atoms with van der Waals surface area (Å²) in [6.07, 6.45) is 1.21. The molecule has 6 aromatic rings. The molecule has 36 heavy (non-hydrogen) atoms. The van der Waals surface area contributed by atoms with Crippen LogP contribution in [0.25, 0.3) is 49.2 Å². The summed E-state index contributed by atoms with van der Waals surface area (Å²) >= 11 is 7.26. The number of carboxylic acids is 1. The predicted octanol–water partition coefficient (Wildman–Crippen LogP) is 6.77. The molecule has 6 nitrogen and oxygen atoms in total. The lowest BCUT2D eigenvalue weighted by Crippen LogP contribution is -2.32. The number of aromatic nitrogens is 1. The quantitative estimate of drug-likeness (QED) is 0.173. The van der Waals surface area contributed by atoms with E-state index in [9.17, 15) is 14.4 Å². The zero-order valence-corrected chi connectivity index (χ0v) is 21.9. The highest BCUT2D eigenvalue weighted by Gasteiger charge is 2.23. The summed E-state index contributed by atoms with van der Waals surface area (Å²) in [5.41, 5.74) is 1.85. The molecule has 178 valence electrons. The van der Waals surface area contributed by atoms with Gasteiger partial charge in [0.25, 0.3) is 11.1 Å². The third kappa shape index (κ3) is 3.47. The van der Waals surface area contributed by atoms with Crippen LogP contribution in [0.5, 0.6) is 0 Å². The normalized spacial score (nSPS) is 11.8. The number of carbonyl (C=O) groups is 1. The van der Waals surface area contributed by atoms with Crippen LogP contribution >= 0.6 is 31.9 Å². The zero-order chi connectivity index (χ0) is 25.1. The molecule has 2 heterocycles. The zero-order valence-electron chi connectivity index (χ0n) is 18.7. The molecule has 8 heteroatoms. The number of halogens is 2. The number of aliphatic carboxylic acids is 1. The second-order valence-electron chi connectivity index (χ2n) is 8.72. The van der Waals surface area contributed by atoms with Crippen LogP contribution in [0.15, 0.2) is 83.6 Å². The van der Waals surface area contributed by atoms with Crippen LogP contribution in [0, 0.1) is 0 Å². The first kappa shape index (κ1) is 22.9. The molecule has 0 aliphatic carbocycles. The van der Waals surface area contributed by atoms with Gasteiger partial charge in [-0.3, -0.25) is 14.4 Å². The Hall–Kier alpha value is -3.49. The first-order valence-electron chi connectivity index (χ1n) is 11.3. The maximum Gasteiger partial charge on any atom is 0.303 e. The van der Waals surface area contributed by atoms with Crippen LogP contribution in [0.3, 0.4) is 0 Å². The second kappa shape index (κ2) is 8.57. The predicted molar refractivity (Wildman–Crippen MR) is 148 cm³/mol. The summed E-state index contributed by atoms with van der Waals surface area (Å²) in [5, 5.41) is 12.7. The minimum atomic E-state index is -0.832. The highest BCUT2D eigenvalue weighted by molar-refractivity contribution is 9.11. The SMILES string of the molecule is O=C(O)CCCc1ccc(-n2c(=O)c3cc(Br)c4oc5ccccc5c5c(Br)cc(c2=O)c3c45)cc1. The Bertz CT molecular complexity index is 1920. The van der Waals surface area contributed by atoms with Crippen LogP contribution in [-0.2, 0) is 11.2 Å². The number of rotatable bonds is 5. The Kier molecular flexibility index (Phi) is 5.46. The molecule has 0 saturated heterocycles. The van der Waals surface area contributed by atoms with Gasteiger partial charge in [0.1, 0.15) is 11.2 Å². The van der Waals surface area contributed by atoms with Crippen molar-refractivity contribution in [2.24, 2.45) is 0 Å². The van der Waals surface area contributed by atoms with Gasteiger partial charge in [-0.15, -0.1) is 0 Å². The van der Waals surface area contributed by atoms with Gasteiger partial charge in [-0.25, -0.2) is 4.57 Å². The summed E-state index contributed by atoms with van der Waals surface area (Å²) in [6.45, 7) is 0. The molecule has 0 bridgehead atoms. The van der Waals surface area contributed by atoms with Crippen LogP contribution < -0.4 is 11.1 Å². The summed E-state index contributed by atoms with van der Waals surface area (Å²) < 4.78 is 8.77. The van der Waals surface area contributed by atoms with Gasteiger partial charge in [-0.1, -0.05) is 46.3 Å². The van der Waals surface area contributed by atoms with Crippen LogP contribution in [0.4, 0.5) is 0 Å². The fourth-order valence-corrected chi connectivity index (χ4v) is 6.09. The summed E-state index contributed by atoms with van der Waals surface area (Å²) in [5.74, 6) is -0.832. The Morgan fingerprint density at radius 1 is 0.833 bits per heavy atom. The number of hydrogen-bond donors (Lipinski definition) is 1. The van der Waals surface area contributed by atoms with Crippen molar-refractivity contribution in [3.8, 4) is 5.69 Å². The summed E-state index contributed by atoms with van der Waals surface area (Å²) in [6, 6.07) is 18.3. The minimum Gasteiger partial charge on any atom is -0.481 e. The molecular weight excluding hydrogens is 590 g/mol. The van der Waals surface area contributed by atoms with Gasteiger partial charge in [0, 0.05) is 32.4 Å². The van der Waals surface area contributed by atoms with Crippen molar-refractivity contribution in [1.82, 2.24) is 4.57 Å². The molecule has 0 fully saturated rings. The third-order valence-electron chi connectivity index (χ3n) is 6.55. The number of fused-ring (bicyclic) bond motifs is 2. The second-order valence-corrected chi connectivity index (χ2v) is 10.4. The molecule has 0 aliphatic heterocycles. The van der Waals surface area contributed by atoms with Crippen molar-refractivity contribution < 1.29 is 14.3 Å². The number of hydrogen-bond acceptors (Lipinski definition) is 4. The lowest BCUT2D eigenvalue weighted by atomic mass is 9.96. The highest BCUT2D eigenvalue weighted by atomic mass is 79.9. The number of carboxylic acid groups (broad SMARTS) is 1. The summed E-state index contributed by atoms with van der Waals surface area (Å²) in [7, 11) is 0. The lowest BCUT2D eigenvalue weighted by Gasteiger charge is -2.16. The standard InChI is InChI=1S/C28H17Br2NO5/c29-19-12-17-23-18(13-20(30)26-25(23)24(19)16-5-1-2-6-21(16)36-26)28(35)31(27(17)34)15-10-8-14(9-11-15)4-3-7-22(32)33/h1-2,5-6,8-13H,3-4,7H2,(H,32,33). The number of benzene rings is 4. The van der Waals surface area contributed by atoms with E-state index < -0.39 is 17.1 Å². The van der Waals surface area contributed by atoms with E-state index in [4.69, 9.17) is 9.52 Å². The van der Waals surface area contributed by atoms with Crippen LogP contribution in [0.2, 0.25) is 0 Å². The molecule has 4 aromatic carbocycles. The average Bonchev–Trinajstić information content (AvgIpc) is 2.86. The molecule has 0 atom stereocenters.